The van der Waals surface area contributed by atoms with E-state index < -0.39 is 0 Å². The van der Waals surface area contributed by atoms with E-state index in [-0.39, 0.29) is 17.7 Å². The number of carbonyl (C=O) groups is 2. The number of aromatic nitrogens is 1. The highest BCUT2D eigenvalue weighted by molar-refractivity contribution is 7.99. The van der Waals surface area contributed by atoms with Gasteiger partial charge in [-0.25, -0.2) is 9.78 Å². The molecule has 1 aromatic heterocycles. The van der Waals surface area contributed by atoms with Gasteiger partial charge in [-0.3, -0.25) is 9.69 Å². The first-order chi connectivity index (χ1) is 8.08. The molecule has 1 N–H and O–H groups in total. The maximum absolute atomic E-state index is 11.7. The number of imide groups is 1. The molecule has 0 aromatic carbocycles. The molecule has 0 radical (unpaired) electrons. The number of urea groups is 1. The first-order valence-electron chi connectivity index (χ1n) is 5.23. The summed E-state index contributed by atoms with van der Waals surface area (Å²) < 4.78 is 5.33. The molecule has 0 atom stereocenters. The third-order valence-corrected chi connectivity index (χ3v) is 3.30. The average molecular weight is 255 g/mol. The number of thioether (sulfide) groups is 1. The second-order valence-corrected chi connectivity index (χ2v) is 4.61. The van der Waals surface area contributed by atoms with Crippen LogP contribution >= 0.6 is 11.8 Å². The quantitative estimate of drug-likeness (QED) is 0.813. The molecule has 1 saturated heterocycles. The highest BCUT2D eigenvalue weighted by Gasteiger charge is 2.26. The molecule has 0 aliphatic carbocycles. The molecule has 0 unspecified atom stereocenters. The highest BCUT2D eigenvalue weighted by atomic mass is 32.2. The lowest BCUT2D eigenvalue weighted by Crippen LogP contribution is -2.35. The Morgan fingerprint density at radius 3 is 2.88 bits per heavy atom. The van der Waals surface area contributed by atoms with Crippen molar-refractivity contribution in [3.8, 4) is 0 Å². The number of carbonyl (C=O) groups excluding carboxylic acids is 2. The van der Waals surface area contributed by atoms with Crippen molar-refractivity contribution in [1.82, 2.24) is 15.2 Å². The predicted molar refractivity (Wildman–Crippen MR) is 61.8 cm³/mol. The van der Waals surface area contributed by atoms with Crippen LogP contribution in [0.5, 0.6) is 0 Å². The van der Waals surface area contributed by atoms with Gasteiger partial charge in [0.1, 0.15) is 5.76 Å². The van der Waals surface area contributed by atoms with Crippen molar-refractivity contribution in [2.75, 3.05) is 18.8 Å². The van der Waals surface area contributed by atoms with E-state index >= 15 is 0 Å². The summed E-state index contributed by atoms with van der Waals surface area (Å²) in [5.74, 6) is 0.685. The van der Waals surface area contributed by atoms with E-state index in [1.54, 1.807) is 0 Å². The number of aryl methyl sites for hydroxylation is 2. The van der Waals surface area contributed by atoms with Gasteiger partial charge in [-0.05, 0) is 13.8 Å². The van der Waals surface area contributed by atoms with E-state index in [9.17, 15) is 9.59 Å². The Hall–Kier alpha value is -1.50. The van der Waals surface area contributed by atoms with E-state index in [4.69, 9.17) is 4.42 Å². The summed E-state index contributed by atoms with van der Waals surface area (Å²) in [5.41, 5.74) is 0.818. The predicted octanol–water partition coefficient (Wildman–Crippen LogP) is 0.935. The molecule has 0 saturated carbocycles. The highest BCUT2D eigenvalue weighted by Crippen LogP contribution is 2.20. The zero-order valence-corrected chi connectivity index (χ0v) is 10.5. The summed E-state index contributed by atoms with van der Waals surface area (Å²) in [6.45, 7) is 4.62. The van der Waals surface area contributed by atoms with Crippen molar-refractivity contribution in [2.45, 2.75) is 19.1 Å². The summed E-state index contributed by atoms with van der Waals surface area (Å²) in [5, 5.41) is 3.05. The smallest absolute Gasteiger partial charge is 0.324 e. The molecule has 3 amide bonds. The second-order valence-electron chi connectivity index (χ2n) is 3.69. The lowest BCUT2D eigenvalue weighted by Gasteiger charge is -2.10. The average Bonchev–Trinajstić information content (AvgIpc) is 2.83. The van der Waals surface area contributed by atoms with Gasteiger partial charge in [-0.2, -0.15) is 0 Å². The van der Waals surface area contributed by atoms with E-state index in [0.717, 1.165) is 11.5 Å². The standard InChI is InChI=1S/C10H13N3O3S/c1-6-7(2)16-10(12-6)17-5-8(14)13-4-3-11-9(13)15/h3-5H2,1-2H3,(H,11,15). The third kappa shape index (κ3) is 2.60. The van der Waals surface area contributed by atoms with Crippen molar-refractivity contribution >= 4 is 23.7 Å². The van der Waals surface area contributed by atoms with Crippen LogP contribution in [0, 0.1) is 13.8 Å². The topological polar surface area (TPSA) is 75.4 Å². The minimum Gasteiger partial charge on any atom is -0.437 e. The Kier molecular flexibility index (Phi) is 3.37. The van der Waals surface area contributed by atoms with Crippen molar-refractivity contribution in [3.05, 3.63) is 11.5 Å². The van der Waals surface area contributed by atoms with Gasteiger partial charge >= 0.3 is 6.03 Å². The van der Waals surface area contributed by atoms with Crippen LogP contribution in [0.15, 0.2) is 9.64 Å². The minimum atomic E-state index is -0.324. The Bertz CT molecular complexity index is 438. The summed E-state index contributed by atoms with van der Waals surface area (Å²) >= 11 is 1.20. The molecule has 1 aliphatic heterocycles. The summed E-state index contributed by atoms with van der Waals surface area (Å²) in [7, 11) is 0. The molecule has 92 valence electrons. The summed E-state index contributed by atoms with van der Waals surface area (Å²) in [6.07, 6.45) is 0. The molecule has 1 aromatic rings. The molecule has 0 bridgehead atoms. The normalized spacial score (nSPS) is 15.2. The zero-order chi connectivity index (χ0) is 12.4. The number of nitrogens with one attached hydrogen (secondary N) is 1. The van der Waals surface area contributed by atoms with Crippen molar-refractivity contribution in [3.63, 3.8) is 0 Å². The Balaban J connectivity index is 1.89. The molecule has 6 nitrogen and oxygen atoms in total. The zero-order valence-electron chi connectivity index (χ0n) is 9.65. The SMILES string of the molecule is Cc1nc(SCC(=O)N2CCNC2=O)oc1C. The second kappa shape index (κ2) is 4.79. The Morgan fingerprint density at radius 2 is 2.35 bits per heavy atom. The van der Waals surface area contributed by atoms with Gasteiger partial charge in [-0.15, -0.1) is 0 Å². The molecule has 1 aliphatic rings. The van der Waals surface area contributed by atoms with Gasteiger partial charge in [0.25, 0.3) is 5.22 Å². The Labute approximate surface area is 103 Å². The number of nitrogens with zero attached hydrogens (tertiary/aromatic N) is 2. The number of amides is 3. The maximum atomic E-state index is 11.7. The van der Waals surface area contributed by atoms with E-state index in [2.05, 4.69) is 10.3 Å². The van der Waals surface area contributed by atoms with Gasteiger partial charge in [0.05, 0.1) is 11.4 Å². The molecule has 0 spiro atoms. The molecular formula is C10H13N3O3S. The van der Waals surface area contributed by atoms with E-state index in [1.807, 2.05) is 13.8 Å². The first kappa shape index (κ1) is 12.0. The van der Waals surface area contributed by atoms with Crippen molar-refractivity contribution < 1.29 is 14.0 Å². The summed E-state index contributed by atoms with van der Waals surface area (Å²) in [4.78, 5) is 28.3. The molecule has 2 heterocycles. The molecule has 1 fully saturated rings. The fourth-order valence-corrected chi connectivity index (χ4v) is 2.20. The van der Waals surface area contributed by atoms with Gasteiger partial charge in [-0.1, -0.05) is 11.8 Å². The summed E-state index contributed by atoms with van der Waals surface area (Å²) in [6, 6.07) is -0.324. The van der Waals surface area contributed by atoms with Crippen LogP contribution in [0.4, 0.5) is 4.79 Å². The van der Waals surface area contributed by atoms with Crippen LogP contribution in [0.3, 0.4) is 0 Å². The van der Waals surface area contributed by atoms with Crippen LogP contribution in [-0.2, 0) is 4.79 Å². The van der Waals surface area contributed by atoms with E-state index in [0.29, 0.717) is 18.3 Å². The van der Waals surface area contributed by atoms with E-state index in [1.165, 1.54) is 16.7 Å². The molecule has 7 heteroatoms. The van der Waals surface area contributed by atoms with Crippen LogP contribution in [0.25, 0.3) is 0 Å². The number of oxazole rings is 1. The fraction of sp³-hybridized carbons (Fsp3) is 0.500. The van der Waals surface area contributed by atoms with Gasteiger partial charge < -0.3 is 9.73 Å². The molecule has 2 rings (SSSR count). The first-order valence-corrected chi connectivity index (χ1v) is 6.21. The lowest BCUT2D eigenvalue weighted by molar-refractivity contribution is -0.124. The van der Waals surface area contributed by atoms with Crippen LogP contribution in [0.2, 0.25) is 0 Å². The monoisotopic (exact) mass is 255 g/mol. The minimum absolute atomic E-state index is 0.160. The van der Waals surface area contributed by atoms with Crippen molar-refractivity contribution in [2.24, 2.45) is 0 Å². The van der Waals surface area contributed by atoms with Gasteiger partial charge in [0.2, 0.25) is 5.91 Å². The third-order valence-electron chi connectivity index (χ3n) is 2.49. The van der Waals surface area contributed by atoms with Crippen LogP contribution in [-0.4, -0.2) is 40.7 Å². The molecular weight excluding hydrogens is 242 g/mol. The van der Waals surface area contributed by atoms with Crippen LogP contribution < -0.4 is 5.32 Å². The number of rotatable bonds is 3. The van der Waals surface area contributed by atoms with Crippen LogP contribution in [0.1, 0.15) is 11.5 Å². The molecule has 17 heavy (non-hydrogen) atoms. The Morgan fingerprint density at radius 1 is 1.59 bits per heavy atom. The fourth-order valence-electron chi connectivity index (χ4n) is 1.42. The number of hydrogen-bond donors (Lipinski definition) is 1. The largest absolute Gasteiger partial charge is 0.437 e. The lowest BCUT2D eigenvalue weighted by atomic mass is 10.4. The number of hydrogen-bond acceptors (Lipinski definition) is 5. The maximum Gasteiger partial charge on any atom is 0.324 e. The van der Waals surface area contributed by atoms with Gasteiger partial charge in [0, 0.05) is 13.1 Å². The van der Waals surface area contributed by atoms with Gasteiger partial charge in [0.15, 0.2) is 0 Å². The van der Waals surface area contributed by atoms with Crippen molar-refractivity contribution in [1.29, 1.82) is 0 Å².